The molecular formula is C20H28N2O4. The molecule has 2 N–H and O–H groups in total. The molecule has 1 heterocycles. The Labute approximate surface area is 154 Å². The molecule has 0 bridgehead atoms. The zero-order valence-corrected chi connectivity index (χ0v) is 15.7. The van der Waals surface area contributed by atoms with Crippen molar-refractivity contribution in [3.8, 4) is 11.5 Å². The Morgan fingerprint density at radius 2 is 1.88 bits per heavy atom. The molecule has 6 nitrogen and oxygen atoms in total. The van der Waals surface area contributed by atoms with Crippen LogP contribution in [-0.2, 0) is 9.59 Å². The average Bonchev–Trinajstić information content (AvgIpc) is 2.57. The van der Waals surface area contributed by atoms with Gasteiger partial charge in [0.2, 0.25) is 12.0 Å². The standard InChI is InChI=1S/C20H28N2O4/c1-13-8-14(11-20(2,3)10-13)9-18(23)21-22-19(24)17-12-25-15-6-4-5-7-16(15)26-17/h4-7,13-14,17H,8-12H2,1-3H3,(H,21,23)(H,22,24). The molecule has 1 fully saturated rings. The van der Waals surface area contributed by atoms with E-state index in [-0.39, 0.29) is 17.9 Å². The average molecular weight is 360 g/mol. The number of benzene rings is 1. The minimum absolute atomic E-state index is 0.118. The highest BCUT2D eigenvalue weighted by atomic mass is 16.6. The van der Waals surface area contributed by atoms with Gasteiger partial charge in [0.25, 0.3) is 5.91 Å². The van der Waals surface area contributed by atoms with Gasteiger partial charge in [-0.3, -0.25) is 20.4 Å². The summed E-state index contributed by atoms with van der Waals surface area (Å²) in [6, 6.07) is 7.20. The van der Waals surface area contributed by atoms with Crippen molar-refractivity contribution < 1.29 is 19.1 Å². The summed E-state index contributed by atoms with van der Waals surface area (Å²) in [5, 5.41) is 0. The van der Waals surface area contributed by atoms with Crippen molar-refractivity contribution in [3.63, 3.8) is 0 Å². The van der Waals surface area contributed by atoms with Crippen molar-refractivity contribution in [3.05, 3.63) is 24.3 Å². The maximum absolute atomic E-state index is 12.2. The number of fused-ring (bicyclic) bond motifs is 1. The monoisotopic (exact) mass is 360 g/mol. The summed E-state index contributed by atoms with van der Waals surface area (Å²) in [5.74, 6) is 1.56. The molecule has 1 saturated carbocycles. The molecule has 3 unspecified atom stereocenters. The van der Waals surface area contributed by atoms with Gasteiger partial charge >= 0.3 is 0 Å². The fourth-order valence-electron chi connectivity index (χ4n) is 4.37. The third-order valence-corrected chi connectivity index (χ3v) is 5.08. The van der Waals surface area contributed by atoms with Crippen LogP contribution in [0.3, 0.4) is 0 Å². The topological polar surface area (TPSA) is 76.7 Å². The van der Waals surface area contributed by atoms with Crippen molar-refractivity contribution in [1.82, 2.24) is 10.9 Å². The van der Waals surface area contributed by atoms with Crippen LogP contribution in [0.15, 0.2) is 24.3 Å². The fourth-order valence-corrected chi connectivity index (χ4v) is 4.37. The fraction of sp³-hybridized carbons (Fsp3) is 0.600. The predicted octanol–water partition coefficient (Wildman–Crippen LogP) is 2.83. The summed E-state index contributed by atoms with van der Waals surface area (Å²) in [7, 11) is 0. The summed E-state index contributed by atoms with van der Waals surface area (Å²) in [5.41, 5.74) is 5.25. The van der Waals surface area contributed by atoms with E-state index >= 15 is 0 Å². The van der Waals surface area contributed by atoms with Crippen molar-refractivity contribution in [2.24, 2.45) is 17.3 Å². The maximum Gasteiger partial charge on any atom is 0.283 e. The minimum atomic E-state index is -0.779. The normalized spacial score (nSPS) is 26.7. The maximum atomic E-state index is 12.2. The molecule has 1 aromatic rings. The van der Waals surface area contributed by atoms with Crippen LogP contribution in [0.4, 0.5) is 0 Å². The Hall–Kier alpha value is -2.24. The molecule has 2 amide bonds. The highest BCUT2D eigenvalue weighted by molar-refractivity contribution is 5.85. The lowest BCUT2D eigenvalue weighted by atomic mass is 9.67. The van der Waals surface area contributed by atoms with E-state index in [4.69, 9.17) is 9.47 Å². The first-order valence-corrected chi connectivity index (χ1v) is 9.29. The lowest BCUT2D eigenvalue weighted by Gasteiger charge is -2.38. The lowest BCUT2D eigenvalue weighted by molar-refractivity contribution is -0.135. The number of hydrogen-bond donors (Lipinski definition) is 2. The van der Waals surface area contributed by atoms with Crippen LogP contribution in [-0.4, -0.2) is 24.5 Å². The molecular weight excluding hydrogens is 332 g/mol. The summed E-state index contributed by atoms with van der Waals surface area (Å²) in [6.45, 7) is 6.88. The number of carbonyl (C=O) groups excluding carboxylic acids is 2. The zero-order chi connectivity index (χ0) is 18.7. The summed E-state index contributed by atoms with van der Waals surface area (Å²) >= 11 is 0. The van der Waals surface area contributed by atoms with E-state index < -0.39 is 12.0 Å². The predicted molar refractivity (Wildman–Crippen MR) is 97.5 cm³/mol. The van der Waals surface area contributed by atoms with E-state index in [1.54, 1.807) is 12.1 Å². The molecule has 142 valence electrons. The van der Waals surface area contributed by atoms with E-state index in [2.05, 4.69) is 31.6 Å². The Kier molecular flexibility index (Phi) is 5.39. The Balaban J connectivity index is 1.45. The van der Waals surface area contributed by atoms with Gasteiger partial charge in [-0.25, -0.2) is 0 Å². The van der Waals surface area contributed by atoms with Crippen LogP contribution in [0, 0.1) is 17.3 Å². The first-order valence-electron chi connectivity index (χ1n) is 9.29. The molecule has 1 aromatic carbocycles. The van der Waals surface area contributed by atoms with Crippen molar-refractivity contribution in [2.75, 3.05) is 6.61 Å². The number of para-hydroxylation sites is 2. The second-order valence-corrected chi connectivity index (χ2v) is 8.39. The number of amides is 2. The third-order valence-electron chi connectivity index (χ3n) is 5.08. The number of carbonyl (C=O) groups is 2. The van der Waals surface area contributed by atoms with Gasteiger partial charge in [-0.15, -0.1) is 0 Å². The van der Waals surface area contributed by atoms with Crippen molar-refractivity contribution in [1.29, 1.82) is 0 Å². The quantitative estimate of drug-likeness (QED) is 0.813. The Morgan fingerprint density at radius 1 is 1.15 bits per heavy atom. The molecule has 1 aliphatic carbocycles. The third kappa shape index (κ3) is 4.68. The second-order valence-electron chi connectivity index (χ2n) is 8.39. The van der Waals surface area contributed by atoms with E-state index in [1.807, 2.05) is 12.1 Å². The van der Waals surface area contributed by atoms with Crippen molar-refractivity contribution >= 4 is 11.8 Å². The van der Waals surface area contributed by atoms with Gasteiger partial charge in [-0.05, 0) is 48.6 Å². The largest absolute Gasteiger partial charge is 0.485 e. The summed E-state index contributed by atoms with van der Waals surface area (Å²) < 4.78 is 11.2. The van der Waals surface area contributed by atoms with Gasteiger partial charge in [0.05, 0.1) is 0 Å². The van der Waals surface area contributed by atoms with Crippen LogP contribution >= 0.6 is 0 Å². The molecule has 1 aliphatic heterocycles. The molecule has 3 atom stereocenters. The highest BCUT2D eigenvalue weighted by Crippen LogP contribution is 2.42. The second kappa shape index (κ2) is 7.56. The van der Waals surface area contributed by atoms with E-state index in [9.17, 15) is 9.59 Å². The number of hydrazine groups is 1. The van der Waals surface area contributed by atoms with Gasteiger partial charge in [0.1, 0.15) is 6.61 Å². The van der Waals surface area contributed by atoms with Crippen LogP contribution in [0.2, 0.25) is 0 Å². The summed E-state index contributed by atoms with van der Waals surface area (Å²) in [4.78, 5) is 24.4. The van der Waals surface area contributed by atoms with Gasteiger partial charge < -0.3 is 9.47 Å². The number of rotatable bonds is 3. The Morgan fingerprint density at radius 3 is 2.62 bits per heavy atom. The van der Waals surface area contributed by atoms with Crippen LogP contribution in [0.25, 0.3) is 0 Å². The SMILES string of the molecule is CC1CC(CC(=O)NNC(=O)C2COc3ccccc3O2)CC(C)(C)C1. The molecule has 0 radical (unpaired) electrons. The lowest BCUT2D eigenvalue weighted by Crippen LogP contribution is -2.51. The molecule has 6 heteroatoms. The van der Waals surface area contributed by atoms with Gasteiger partial charge in [-0.1, -0.05) is 32.9 Å². The van der Waals surface area contributed by atoms with Gasteiger partial charge in [0.15, 0.2) is 11.5 Å². The van der Waals surface area contributed by atoms with Crippen LogP contribution < -0.4 is 20.3 Å². The van der Waals surface area contributed by atoms with Crippen molar-refractivity contribution in [2.45, 2.75) is 52.6 Å². The first-order chi connectivity index (χ1) is 12.3. The highest BCUT2D eigenvalue weighted by Gasteiger charge is 2.33. The van der Waals surface area contributed by atoms with Gasteiger partial charge in [-0.2, -0.15) is 0 Å². The molecule has 0 aromatic heterocycles. The van der Waals surface area contributed by atoms with Crippen LogP contribution in [0.5, 0.6) is 11.5 Å². The number of hydrogen-bond acceptors (Lipinski definition) is 4. The van der Waals surface area contributed by atoms with E-state index in [0.717, 1.165) is 12.8 Å². The first kappa shape index (κ1) is 18.5. The van der Waals surface area contributed by atoms with E-state index in [1.165, 1.54) is 6.42 Å². The van der Waals surface area contributed by atoms with Gasteiger partial charge in [0, 0.05) is 6.42 Å². The number of nitrogens with one attached hydrogen (secondary N) is 2. The molecule has 0 saturated heterocycles. The number of ether oxygens (including phenoxy) is 2. The molecule has 0 spiro atoms. The minimum Gasteiger partial charge on any atom is -0.485 e. The van der Waals surface area contributed by atoms with E-state index in [0.29, 0.717) is 29.8 Å². The summed E-state index contributed by atoms with van der Waals surface area (Å²) in [6.07, 6.45) is 2.94. The molecule has 2 aliphatic rings. The zero-order valence-electron chi connectivity index (χ0n) is 15.7. The Bertz CT molecular complexity index is 674. The smallest absolute Gasteiger partial charge is 0.283 e. The molecule has 26 heavy (non-hydrogen) atoms. The molecule has 3 rings (SSSR count). The van der Waals surface area contributed by atoms with Crippen LogP contribution in [0.1, 0.15) is 46.5 Å².